The van der Waals surface area contributed by atoms with Gasteiger partial charge in [-0.05, 0) is 36.8 Å². The minimum atomic E-state index is -0.607. The number of fused-ring (bicyclic) bond motifs is 1. The molecule has 1 saturated heterocycles. The van der Waals surface area contributed by atoms with Crippen LogP contribution in [0.15, 0.2) is 34.9 Å². The third kappa shape index (κ3) is 3.32. The van der Waals surface area contributed by atoms with E-state index in [1.165, 1.54) is 6.07 Å². The molecule has 3 aromatic rings. The van der Waals surface area contributed by atoms with Crippen molar-refractivity contribution < 1.29 is 18.3 Å². The zero-order valence-electron chi connectivity index (χ0n) is 15.4. The van der Waals surface area contributed by atoms with E-state index in [2.05, 4.69) is 4.98 Å². The van der Waals surface area contributed by atoms with Crippen molar-refractivity contribution in [1.82, 2.24) is 9.88 Å². The van der Waals surface area contributed by atoms with Crippen LogP contribution >= 0.6 is 0 Å². The second kappa shape index (κ2) is 7.12. The van der Waals surface area contributed by atoms with Gasteiger partial charge in [0, 0.05) is 30.5 Å². The van der Waals surface area contributed by atoms with Gasteiger partial charge in [-0.15, -0.1) is 0 Å². The summed E-state index contributed by atoms with van der Waals surface area (Å²) >= 11 is 0. The lowest BCUT2D eigenvalue weighted by molar-refractivity contribution is 0.0300. The van der Waals surface area contributed by atoms with E-state index in [1.54, 1.807) is 4.90 Å². The summed E-state index contributed by atoms with van der Waals surface area (Å²) in [5, 5.41) is 0.981. The third-order valence-corrected chi connectivity index (χ3v) is 4.88. The Bertz CT molecular complexity index is 1010. The Kier molecular flexibility index (Phi) is 4.66. The summed E-state index contributed by atoms with van der Waals surface area (Å²) in [4.78, 5) is 18.5. The number of carbonyl (C=O) groups excluding carboxylic acids is 1. The smallest absolute Gasteiger partial charge is 0.257 e. The van der Waals surface area contributed by atoms with Crippen molar-refractivity contribution in [2.45, 2.75) is 20.3 Å². The Morgan fingerprint density at radius 1 is 1.22 bits per heavy atom. The largest absolute Gasteiger partial charge is 0.461 e. The van der Waals surface area contributed by atoms with E-state index < -0.39 is 5.82 Å². The SMILES string of the molecule is CCc1cc2cc(-c3cc(C(=O)N4CCOCC4)c(F)cn3)cc(C)c2o1. The van der Waals surface area contributed by atoms with Gasteiger partial charge in [0.15, 0.2) is 5.82 Å². The molecule has 0 unspecified atom stereocenters. The van der Waals surface area contributed by atoms with Crippen LogP contribution in [0.2, 0.25) is 0 Å². The van der Waals surface area contributed by atoms with Crippen LogP contribution in [0.4, 0.5) is 4.39 Å². The lowest BCUT2D eigenvalue weighted by atomic mass is 10.0. The Morgan fingerprint density at radius 2 is 2.00 bits per heavy atom. The van der Waals surface area contributed by atoms with Crippen molar-refractivity contribution in [3.05, 3.63) is 53.2 Å². The highest BCUT2D eigenvalue weighted by atomic mass is 19.1. The first-order valence-corrected chi connectivity index (χ1v) is 9.13. The molecule has 5 nitrogen and oxygen atoms in total. The first kappa shape index (κ1) is 17.7. The second-order valence-electron chi connectivity index (χ2n) is 6.73. The van der Waals surface area contributed by atoms with Crippen LogP contribution in [0.1, 0.15) is 28.6 Å². The molecule has 4 rings (SSSR count). The second-order valence-corrected chi connectivity index (χ2v) is 6.73. The monoisotopic (exact) mass is 368 g/mol. The van der Waals surface area contributed by atoms with Crippen LogP contribution in [0, 0.1) is 12.7 Å². The molecule has 0 N–H and O–H groups in total. The Morgan fingerprint density at radius 3 is 2.74 bits per heavy atom. The summed E-state index contributed by atoms with van der Waals surface area (Å²) in [6.07, 6.45) is 1.94. The minimum absolute atomic E-state index is 0.0427. The van der Waals surface area contributed by atoms with E-state index in [4.69, 9.17) is 9.15 Å². The van der Waals surface area contributed by atoms with E-state index >= 15 is 0 Å². The molecule has 2 aromatic heterocycles. The minimum Gasteiger partial charge on any atom is -0.461 e. The number of aromatic nitrogens is 1. The fourth-order valence-electron chi connectivity index (χ4n) is 3.40. The number of benzene rings is 1. The number of aryl methyl sites for hydroxylation is 2. The molecule has 0 spiro atoms. The molecule has 1 fully saturated rings. The van der Waals surface area contributed by atoms with Crippen molar-refractivity contribution >= 4 is 16.9 Å². The van der Waals surface area contributed by atoms with Crippen LogP contribution < -0.4 is 0 Å². The Labute approximate surface area is 156 Å². The molecule has 140 valence electrons. The predicted molar refractivity (Wildman–Crippen MR) is 100 cm³/mol. The van der Waals surface area contributed by atoms with Crippen LogP contribution in [0.25, 0.3) is 22.2 Å². The van der Waals surface area contributed by atoms with Crippen molar-refractivity contribution in [3.8, 4) is 11.3 Å². The molecular weight excluding hydrogens is 347 g/mol. The third-order valence-electron chi connectivity index (χ3n) is 4.88. The molecule has 0 aliphatic carbocycles. The Hall–Kier alpha value is -2.73. The zero-order valence-corrected chi connectivity index (χ0v) is 15.4. The molecule has 0 saturated carbocycles. The van der Waals surface area contributed by atoms with Crippen molar-refractivity contribution in [2.24, 2.45) is 0 Å². The van der Waals surface area contributed by atoms with Gasteiger partial charge in [0.25, 0.3) is 5.91 Å². The van der Waals surface area contributed by atoms with Crippen LogP contribution in [0.3, 0.4) is 0 Å². The number of morpholine rings is 1. The summed E-state index contributed by atoms with van der Waals surface area (Å²) in [7, 11) is 0. The molecular formula is C21H21FN2O3. The molecule has 0 atom stereocenters. The number of hydrogen-bond acceptors (Lipinski definition) is 4. The van der Waals surface area contributed by atoms with E-state index in [0.29, 0.717) is 32.0 Å². The molecule has 1 amide bonds. The maximum Gasteiger partial charge on any atom is 0.257 e. The molecule has 6 heteroatoms. The van der Waals surface area contributed by atoms with Gasteiger partial charge in [-0.2, -0.15) is 0 Å². The number of amides is 1. The van der Waals surface area contributed by atoms with Gasteiger partial charge in [-0.25, -0.2) is 4.39 Å². The molecule has 1 aromatic carbocycles. The van der Waals surface area contributed by atoms with Gasteiger partial charge in [0.2, 0.25) is 0 Å². The van der Waals surface area contributed by atoms with Crippen molar-refractivity contribution in [3.63, 3.8) is 0 Å². The van der Waals surface area contributed by atoms with E-state index in [-0.39, 0.29) is 11.5 Å². The quantitative estimate of drug-likeness (QED) is 0.702. The zero-order chi connectivity index (χ0) is 19.0. The molecule has 27 heavy (non-hydrogen) atoms. The van der Waals surface area contributed by atoms with Crippen molar-refractivity contribution in [1.29, 1.82) is 0 Å². The average Bonchev–Trinajstić information content (AvgIpc) is 3.12. The summed E-state index contributed by atoms with van der Waals surface area (Å²) < 4.78 is 25.4. The van der Waals surface area contributed by atoms with Crippen LogP contribution in [-0.4, -0.2) is 42.1 Å². The van der Waals surface area contributed by atoms with E-state index in [9.17, 15) is 9.18 Å². The van der Waals surface area contributed by atoms with Crippen LogP contribution in [-0.2, 0) is 11.2 Å². The first-order chi connectivity index (χ1) is 13.1. The fourth-order valence-corrected chi connectivity index (χ4v) is 3.40. The van der Waals surface area contributed by atoms with Gasteiger partial charge in [0.05, 0.1) is 30.7 Å². The number of rotatable bonds is 3. The van der Waals surface area contributed by atoms with Gasteiger partial charge in [-0.1, -0.05) is 6.92 Å². The van der Waals surface area contributed by atoms with Gasteiger partial charge in [-0.3, -0.25) is 9.78 Å². The molecule has 1 aliphatic heterocycles. The highest BCUT2D eigenvalue weighted by molar-refractivity contribution is 5.96. The maximum absolute atomic E-state index is 14.3. The summed E-state index contributed by atoms with van der Waals surface area (Å²) in [6.45, 7) is 5.89. The van der Waals surface area contributed by atoms with Crippen LogP contribution in [0.5, 0.6) is 0 Å². The van der Waals surface area contributed by atoms with Gasteiger partial charge in [0.1, 0.15) is 11.3 Å². The number of hydrogen-bond donors (Lipinski definition) is 0. The lowest BCUT2D eigenvalue weighted by Gasteiger charge is -2.27. The Balaban J connectivity index is 1.74. The molecule has 1 aliphatic rings. The predicted octanol–water partition coefficient (Wildman–Crippen LogP) is 3.98. The van der Waals surface area contributed by atoms with E-state index in [1.807, 2.05) is 32.0 Å². The number of nitrogens with zero attached hydrogens (tertiary/aromatic N) is 2. The lowest BCUT2D eigenvalue weighted by Crippen LogP contribution is -2.41. The molecule has 0 radical (unpaired) electrons. The van der Waals surface area contributed by atoms with Gasteiger partial charge < -0.3 is 14.1 Å². The van der Waals surface area contributed by atoms with E-state index in [0.717, 1.165) is 40.5 Å². The number of halogens is 1. The standard InChI is InChI=1S/C21H21FN2O3/c1-3-16-10-15-9-14(8-13(2)20(15)27-16)19-11-17(18(22)12-23-19)21(25)24-4-6-26-7-5-24/h8-12H,3-7H2,1-2H3. The highest BCUT2D eigenvalue weighted by Gasteiger charge is 2.22. The summed E-state index contributed by atoms with van der Waals surface area (Å²) in [5.74, 6) is -0.0149. The average molecular weight is 368 g/mol. The topological polar surface area (TPSA) is 55.6 Å². The number of pyridine rings is 1. The normalized spacial score (nSPS) is 14.7. The summed E-state index contributed by atoms with van der Waals surface area (Å²) in [5.41, 5.74) is 3.27. The first-order valence-electron chi connectivity index (χ1n) is 9.13. The molecule has 3 heterocycles. The highest BCUT2D eigenvalue weighted by Crippen LogP contribution is 2.30. The number of furan rings is 1. The number of ether oxygens (including phenoxy) is 1. The molecule has 0 bridgehead atoms. The fraction of sp³-hybridized carbons (Fsp3) is 0.333. The maximum atomic E-state index is 14.3. The van der Waals surface area contributed by atoms with Crippen molar-refractivity contribution in [2.75, 3.05) is 26.3 Å². The summed E-state index contributed by atoms with van der Waals surface area (Å²) in [6, 6.07) is 7.46. The number of carbonyl (C=O) groups is 1. The van der Waals surface area contributed by atoms with Gasteiger partial charge >= 0.3 is 0 Å².